The first-order chi connectivity index (χ1) is 10.8. The third-order valence-electron chi connectivity index (χ3n) is 5.51. The number of carbonyl (C=O) groups is 1. The Morgan fingerprint density at radius 2 is 2.13 bits per heavy atom. The number of fused-ring (bicyclic) bond motifs is 1. The molecule has 1 saturated carbocycles. The van der Waals surface area contributed by atoms with Gasteiger partial charge < -0.3 is 9.64 Å². The summed E-state index contributed by atoms with van der Waals surface area (Å²) in [5, 5.41) is 11.1. The Kier molecular flexibility index (Phi) is 3.67. The molecule has 3 atom stereocenters. The Morgan fingerprint density at radius 3 is 2.78 bits per heavy atom. The number of amides is 1. The molecule has 6 nitrogen and oxygen atoms in total. The molecule has 0 N–H and O–H groups in total. The first-order valence-electron chi connectivity index (χ1n) is 7.89. The van der Waals surface area contributed by atoms with Crippen molar-refractivity contribution in [2.45, 2.75) is 39.3 Å². The van der Waals surface area contributed by atoms with Crippen LogP contribution in [-0.4, -0.2) is 41.5 Å². The third kappa shape index (κ3) is 2.24. The first kappa shape index (κ1) is 15.9. The standard InChI is InChI=1S/C17H22N2O4/c1-10-11(6-5-7-13(10)19(21)22)16(20)18(4)14-12-8-9-23-15(12)17(14,2)3/h5-7,12,14-15H,8-9H2,1-4H3/t12-,14-,15-/m1/s1. The molecule has 0 bridgehead atoms. The van der Waals surface area contributed by atoms with Crippen molar-refractivity contribution in [1.29, 1.82) is 0 Å². The lowest BCUT2D eigenvalue weighted by atomic mass is 9.56. The largest absolute Gasteiger partial charge is 0.377 e. The average molecular weight is 318 g/mol. The minimum absolute atomic E-state index is 0.0146. The van der Waals surface area contributed by atoms with Gasteiger partial charge in [-0.15, -0.1) is 0 Å². The van der Waals surface area contributed by atoms with E-state index in [1.807, 2.05) is 0 Å². The lowest BCUT2D eigenvalue weighted by Crippen LogP contribution is -2.66. The van der Waals surface area contributed by atoms with Gasteiger partial charge in [0.15, 0.2) is 0 Å². The highest BCUT2D eigenvalue weighted by Crippen LogP contribution is 2.54. The summed E-state index contributed by atoms with van der Waals surface area (Å²) in [7, 11) is 1.79. The van der Waals surface area contributed by atoms with Crippen LogP contribution in [0.2, 0.25) is 0 Å². The van der Waals surface area contributed by atoms with Gasteiger partial charge in [-0.25, -0.2) is 0 Å². The van der Waals surface area contributed by atoms with E-state index >= 15 is 0 Å². The fourth-order valence-electron chi connectivity index (χ4n) is 4.45. The summed E-state index contributed by atoms with van der Waals surface area (Å²) >= 11 is 0. The minimum atomic E-state index is -0.444. The molecule has 6 heteroatoms. The zero-order chi connectivity index (χ0) is 16.9. The number of nitro groups is 1. The van der Waals surface area contributed by atoms with Crippen LogP contribution in [0.25, 0.3) is 0 Å². The Morgan fingerprint density at radius 1 is 1.43 bits per heavy atom. The van der Waals surface area contributed by atoms with E-state index in [0.29, 0.717) is 17.0 Å². The number of nitro benzene ring substituents is 1. The lowest BCUT2D eigenvalue weighted by Gasteiger charge is -2.57. The molecular weight excluding hydrogens is 296 g/mol. The van der Waals surface area contributed by atoms with Gasteiger partial charge in [0.25, 0.3) is 11.6 Å². The normalized spacial score (nSPS) is 27.9. The average Bonchev–Trinajstić information content (AvgIpc) is 2.92. The van der Waals surface area contributed by atoms with Crippen LogP contribution in [0.3, 0.4) is 0 Å². The van der Waals surface area contributed by atoms with Crippen LogP contribution >= 0.6 is 0 Å². The van der Waals surface area contributed by atoms with Crippen molar-refractivity contribution >= 4 is 11.6 Å². The number of nitrogens with zero attached hydrogens (tertiary/aromatic N) is 2. The maximum absolute atomic E-state index is 12.9. The van der Waals surface area contributed by atoms with Crippen molar-refractivity contribution in [3.05, 3.63) is 39.4 Å². The van der Waals surface area contributed by atoms with Crippen LogP contribution in [0.15, 0.2) is 18.2 Å². The van der Waals surface area contributed by atoms with Gasteiger partial charge >= 0.3 is 0 Å². The second kappa shape index (κ2) is 5.30. The maximum Gasteiger partial charge on any atom is 0.273 e. The molecule has 23 heavy (non-hydrogen) atoms. The Hall–Kier alpha value is -1.95. The van der Waals surface area contributed by atoms with Crippen LogP contribution in [0.1, 0.15) is 36.2 Å². The lowest BCUT2D eigenvalue weighted by molar-refractivity contribution is -0.385. The number of ether oxygens (including phenoxy) is 1. The molecule has 1 aromatic rings. The van der Waals surface area contributed by atoms with Crippen LogP contribution in [0.4, 0.5) is 5.69 Å². The minimum Gasteiger partial charge on any atom is -0.377 e. The Bertz CT molecular complexity index is 671. The third-order valence-corrected chi connectivity index (χ3v) is 5.51. The molecule has 1 aliphatic carbocycles. The predicted octanol–water partition coefficient (Wildman–Crippen LogP) is 2.79. The Balaban J connectivity index is 1.89. The van der Waals surface area contributed by atoms with Crippen LogP contribution in [0, 0.1) is 28.4 Å². The molecule has 1 aromatic carbocycles. The molecule has 0 aromatic heterocycles. The van der Waals surface area contributed by atoms with E-state index < -0.39 is 4.92 Å². The van der Waals surface area contributed by atoms with Crippen LogP contribution in [-0.2, 0) is 4.74 Å². The van der Waals surface area contributed by atoms with E-state index in [4.69, 9.17) is 4.74 Å². The number of rotatable bonds is 3. The van der Waals surface area contributed by atoms with Crippen molar-refractivity contribution in [2.24, 2.45) is 11.3 Å². The van der Waals surface area contributed by atoms with Gasteiger partial charge in [0, 0.05) is 48.2 Å². The molecule has 1 saturated heterocycles. The maximum atomic E-state index is 12.9. The van der Waals surface area contributed by atoms with Gasteiger partial charge in [0.2, 0.25) is 0 Å². The summed E-state index contributed by atoms with van der Waals surface area (Å²) in [5.41, 5.74) is 0.713. The van der Waals surface area contributed by atoms with Gasteiger partial charge in [-0.3, -0.25) is 14.9 Å². The molecule has 1 heterocycles. The monoisotopic (exact) mass is 318 g/mol. The van der Waals surface area contributed by atoms with E-state index in [2.05, 4.69) is 13.8 Å². The highest BCUT2D eigenvalue weighted by Gasteiger charge is 2.61. The summed E-state index contributed by atoms with van der Waals surface area (Å²) in [5.74, 6) is 0.201. The summed E-state index contributed by atoms with van der Waals surface area (Å²) in [6.07, 6.45) is 1.17. The Labute approximate surface area is 135 Å². The van der Waals surface area contributed by atoms with Crippen molar-refractivity contribution < 1.29 is 14.5 Å². The van der Waals surface area contributed by atoms with E-state index in [-0.39, 0.29) is 29.2 Å². The predicted molar refractivity (Wildman–Crippen MR) is 85.3 cm³/mol. The first-order valence-corrected chi connectivity index (χ1v) is 7.89. The summed E-state index contributed by atoms with van der Waals surface area (Å²) in [6.45, 7) is 6.61. The molecule has 2 aliphatic rings. The van der Waals surface area contributed by atoms with Crippen LogP contribution < -0.4 is 0 Å². The highest BCUT2D eigenvalue weighted by atomic mass is 16.6. The number of carbonyl (C=O) groups excluding carboxylic acids is 1. The fraction of sp³-hybridized carbons (Fsp3) is 0.588. The zero-order valence-corrected chi connectivity index (χ0v) is 13.9. The van der Waals surface area contributed by atoms with E-state index in [0.717, 1.165) is 13.0 Å². The number of hydrogen-bond donors (Lipinski definition) is 0. The molecule has 124 valence electrons. The SMILES string of the molecule is Cc1c(C(=O)N(C)[C@@H]2[C@H]3CCO[C@H]3C2(C)C)cccc1[N+](=O)[O-]. The molecule has 0 spiro atoms. The van der Waals surface area contributed by atoms with Crippen molar-refractivity contribution in [3.63, 3.8) is 0 Å². The molecule has 1 amide bonds. The van der Waals surface area contributed by atoms with Gasteiger partial charge in [-0.1, -0.05) is 19.9 Å². The molecular formula is C17H22N2O4. The highest BCUT2D eigenvalue weighted by molar-refractivity contribution is 5.96. The quantitative estimate of drug-likeness (QED) is 0.634. The molecule has 3 rings (SSSR count). The van der Waals surface area contributed by atoms with E-state index in [1.165, 1.54) is 6.07 Å². The van der Waals surface area contributed by atoms with E-state index in [9.17, 15) is 14.9 Å². The molecule has 1 aliphatic heterocycles. The molecule has 0 unspecified atom stereocenters. The fourth-order valence-corrected chi connectivity index (χ4v) is 4.45. The van der Waals surface area contributed by atoms with Gasteiger partial charge in [-0.2, -0.15) is 0 Å². The smallest absolute Gasteiger partial charge is 0.273 e. The summed E-state index contributed by atoms with van der Waals surface area (Å²) in [4.78, 5) is 25.3. The summed E-state index contributed by atoms with van der Waals surface area (Å²) < 4.78 is 5.78. The van der Waals surface area contributed by atoms with Gasteiger partial charge in [0.1, 0.15) is 0 Å². The zero-order valence-electron chi connectivity index (χ0n) is 13.9. The second-order valence-electron chi connectivity index (χ2n) is 7.13. The summed E-state index contributed by atoms with van der Waals surface area (Å²) in [6, 6.07) is 4.76. The molecule has 2 fully saturated rings. The van der Waals surface area contributed by atoms with Crippen molar-refractivity contribution in [3.8, 4) is 0 Å². The van der Waals surface area contributed by atoms with Gasteiger partial charge in [-0.05, 0) is 19.4 Å². The van der Waals surface area contributed by atoms with Crippen molar-refractivity contribution in [1.82, 2.24) is 4.90 Å². The van der Waals surface area contributed by atoms with Crippen LogP contribution in [0.5, 0.6) is 0 Å². The van der Waals surface area contributed by atoms with E-state index in [1.54, 1.807) is 31.0 Å². The molecule has 0 radical (unpaired) electrons. The number of benzene rings is 1. The topological polar surface area (TPSA) is 72.7 Å². The van der Waals surface area contributed by atoms with Crippen molar-refractivity contribution in [2.75, 3.05) is 13.7 Å². The second-order valence-corrected chi connectivity index (χ2v) is 7.13. The number of hydrogen-bond acceptors (Lipinski definition) is 4. The van der Waals surface area contributed by atoms with Gasteiger partial charge in [0.05, 0.1) is 11.0 Å².